The predicted octanol–water partition coefficient (Wildman–Crippen LogP) is 3.76. The molecule has 3 aromatic rings. The van der Waals surface area contributed by atoms with Gasteiger partial charge in [0, 0.05) is 56.4 Å². The Labute approximate surface area is 186 Å². The minimum Gasteiger partial charge on any atom is -0.494 e. The molecule has 2 aliphatic heterocycles. The van der Waals surface area contributed by atoms with E-state index < -0.39 is 0 Å². The van der Waals surface area contributed by atoms with Gasteiger partial charge in [0.2, 0.25) is 0 Å². The van der Waals surface area contributed by atoms with Crippen LogP contribution in [0.2, 0.25) is 0 Å². The second kappa shape index (κ2) is 8.49. The number of ether oxygens (including phenoxy) is 1. The third-order valence-corrected chi connectivity index (χ3v) is 6.23. The fourth-order valence-electron chi connectivity index (χ4n) is 4.54. The third-order valence-electron chi connectivity index (χ3n) is 6.23. The summed E-state index contributed by atoms with van der Waals surface area (Å²) >= 11 is 0. The first-order valence-corrected chi connectivity index (χ1v) is 10.8. The zero-order valence-electron chi connectivity index (χ0n) is 18.0. The molecule has 0 atom stereocenters. The molecule has 0 radical (unpaired) electrons. The summed E-state index contributed by atoms with van der Waals surface area (Å²) in [4.78, 5) is 24.2. The summed E-state index contributed by atoms with van der Waals surface area (Å²) in [7, 11) is 1.46. The number of hydrogen-bond acceptors (Lipinski definition) is 5. The molecule has 7 heteroatoms. The van der Waals surface area contributed by atoms with Crippen molar-refractivity contribution in [3.63, 3.8) is 0 Å². The average molecular weight is 432 g/mol. The fourth-order valence-corrected chi connectivity index (χ4v) is 4.54. The molecule has 6 nitrogen and oxygen atoms in total. The van der Waals surface area contributed by atoms with E-state index in [1.54, 1.807) is 12.3 Å². The van der Waals surface area contributed by atoms with Crippen LogP contribution in [0.1, 0.15) is 15.9 Å². The Hall–Kier alpha value is -3.61. The lowest BCUT2D eigenvalue weighted by Gasteiger charge is -2.37. The highest BCUT2D eigenvalue weighted by Crippen LogP contribution is 2.31. The van der Waals surface area contributed by atoms with E-state index in [0.29, 0.717) is 44.1 Å². The Morgan fingerprint density at radius 2 is 1.75 bits per heavy atom. The second-order valence-electron chi connectivity index (χ2n) is 8.00. The lowest BCUT2D eigenvalue weighted by molar-refractivity contribution is 0.0989. The van der Waals surface area contributed by atoms with Gasteiger partial charge < -0.3 is 19.4 Å². The fraction of sp³-hybridized carbons (Fsp3) is 0.280. The van der Waals surface area contributed by atoms with Crippen LogP contribution in [0.25, 0.3) is 0 Å². The first-order chi connectivity index (χ1) is 15.7. The Morgan fingerprint density at radius 3 is 2.53 bits per heavy atom. The molecular weight excluding hydrogens is 407 g/mol. The van der Waals surface area contributed by atoms with E-state index in [1.165, 1.54) is 18.7 Å². The maximum absolute atomic E-state index is 14.1. The molecule has 1 fully saturated rings. The number of carbonyl (C=O) groups is 1. The van der Waals surface area contributed by atoms with Crippen molar-refractivity contribution in [3.8, 4) is 5.75 Å². The normalized spacial score (nSPS) is 15.6. The van der Waals surface area contributed by atoms with Gasteiger partial charge in [0.05, 0.1) is 12.7 Å². The van der Waals surface area contributed by atoms with Gasteiger partial charge in [-0.15, -0.1) is 0 Å². The molecule has 1 aromatic heterocycles. The van der Waals surface area contributed by atoms with Crippen LogP contribution >= 0.6 is 0 Å². The predicted molar refractivity (Wildman–Crippen MR) is 123 cm³/mol. The zero-order chi connectivity index (χ0) is 22.1. The number of rotatable bonds is 4. The van der Waals surface area contributed by atoms with Gasteiger partial charge >= 0.3 is 0 Å². The van der Waals surface area contributed by atoms with Crippen LogP contribution < -0.4 is 19.4 Å². The van der Waals surface area contributed by atoms with Crippen LogP contribution in [-0.4, -0.2) is 50.7 Å². The quantitative estimate of drug-likeness (QED) is 0.628. The standard InChI is InChI=1S/C25H25FN4O2/c1-32-23-9-8-19(17-21(23)26)28-13-15-29(16-14-28)24-20(6-4-11-27-24)25(31)30-12-10-18-5-2-3-7-22(18)30/h2-9,11,17H,10,12-16H2,1H3. The lowest BCUT2D eigenvalue weighted by atomic mass is 10.1. The summed E-state index contributed by atoms with van der Waals surface area (Å²) in [6.45, 7) is 3.50. The van der Waals surface area contributed by atoms with Crippen LogP contribution in [0.15, 0.2) is 60.8 Å². The van der Waals surface area contributed by atoms with Gasteiger partial charge in [0.25, 0.3) is 5.91 Å². The van der Waals surface area contributed by atoms with Gasteiger partial charge in [-0.1, -0.05) is 18.2 Å². The Morgan fingerprint density at radius 1 is 0.969 bits per heavy atom. The van der Waals surface area contributed by atoms with E-state index in [9.17, 15) is 9.18 Å². The molecular formula is C25H25FN4O2. The Balaban J connectivity index is 1.33. The minimum atomic E-state index is -0.365. The highest BCUT2D eigenvalue weighted by atomic mass is 19.1. The number of aromatic nitrogens is 1. The van der Waals surface area contributed by atoms with Gasteiger partial charge in [0.15, 0.2) is 11.6 Å². The number of carbonyl (C=O) groups excluding carboxylic acids is 1. The molecule has 0 aliphatic carbocycles. The van der Waals surface area contributed by atoms with E-state index in [0.717, 1.165) is 17.8 Å². The van der Waals surface area contributed by atoms with Crippen molar-refractivity contribution in [1.29, 1.82) is 0 Å². The monoisotopic (exact) mass is 432 g/mol. The molecule has 3 heterocycles. The summed E-state index contributed by atoms with van der Waals surface area (Å²) in [6.07, 6.45) is 2.60. The zero-order valence-corrected chi connectivity index (χ0v) is 18.0. The molecule has 0 N–H and O–H groups in total. The van der Waals surface area contributed by atoms with Crippen LogP contribution in [-0.2, 0) is 6.42 Å². The first-order valence-electron chi connectivity index (χ1n) is 10.8. The second-order valence-corrected chi connectivity index (χ2v) is 8.00. The summed E-state index contributed by atoms with van der Waals surface area (Å²) in [5, 5.41) is 0. The van der Waals surface area contributed by atoms with Crippen molar-refractivity contribution in [2.45, 2.75) is 6.42 Å². The van der Waals surface area contributed by atoms with Crippen molar-refractivity contribution >= 4 is 23.1 Å². The van der Waals surface area contributed by atoms with Gasteiger partial charge in [-0.25, -0.2) is 9.37 Å². The van der Waals surface area contributed by atoms with Crippen LogP contribution in [0.3, 0.4) is 0 Å². The van der Waals surface area contributed by atoms with Crippen molar-refractivity contribution in [2.75, 3.05) is 54.5 Å². The smallest absolute Gasteiger partial charge is 0.262 e. The van der Waals surface area contributed by atoms with Crippen LogP contribution in [0.4, 0.5) is 21.6 Å². The highest BCUT2D eigenvalue weighted by molar-refractivity contribution is 6.10. The average Bonchev–Trinajstić information content (AvgIpc) is 3.28. The maximum Gasteiger partial charge on any atom is 0.262 e. The Bertz CT molecular complexity index is 1140. The Kier molecular flexibility index (Phi) is 5.39. The largest absolute Gasteiger partial charge is 0.494 e. The summed E-state index contributed by atoms with van der Waals surface area (Å²) in [5.74, 6) is 0.573. The molecule has 1 saturated heterocycles. The number of methoxy groups -OCH3 is 1. The van der Waals surface area contributed by atoms with Crippen molar-refractivity contribution in [3.05, 3.63) is 77.7 Å². The number of anilines is 3. The van der Waals surface area contributed by atoms with E-state index in [1.807, 2.05) is 41.3 Å². The molecule has 1 amide bonds. The van der Waals surface area contributed by atoms with E-state index in [-0.39, 0.29) is 17.5 Å². The summed E-state index contributed by atoms with van der Waals surface area (Å²) < 4.78 is 19.1. The van der Waals surface area contributed by atoms with Crippen molar-refractivity contribution in [1.82, 2.24) is 4.98 Å². The SMILES string of the molecule is COc1ccc(N2CCN(c3ncccc3C(=O)N3CCc4ccccc43)CC2)cc1F. The number of benzene rings is 2. The molecule has 32 heavy (non-hydrogen) atoms. The molecule has 164 valence electrons. The number of piperazine rings is 1. The number of nitrogens with zero attached hydrogens (tertiary/aromatic N) is 4. The molecule has 5 rings (SSSR count). The molecule has 2 aliphatic rings. The van der Waals surface area contributed by atoms with E-state index in [4.69, 9.17) is 4.74 Å². The number of fused-ring (bicyclic) bond motifs is 1. The first kappa shape index (κ1) is 20.3. The van der Waals surface area contributed by atoms with Gasteiger partial charge in [-0.3, -0.25) is 4.79 Å². The number of para-hydroxylation sites is 1. The topological polar surface area (TPSA) is 48.9 Å². The van der Waals surface area contributed by atoms with Crippen molar-refractivity contribution in [2.24, 2.45) is 0 Å². The van der Waals surface area contributed by atoms with Gasteiger partial charge in [-0.2, -0.15) is 0 Å². The molecule has 2 aromatic carbocycles. The number of pyridine rings is 1. The highest BCUT2D eigenvalue weighted by Gasteiger charge is 2.29. The molecule has 0 bridgehead atoms. The minimum absolute atomic E-state index is 0.0160. The molecule has 0 saturated carbocycles. The van der Waals surface area contributed by atoms with Crippen LogP contribution in [0, 0.1) is 5.82 Å². The lowest BCUT2D eigenvalue weighted by Crippen LogP contribution is -2.47. The van der Waals surface area contributed by atoms with E-state index in [2.05, 4.69) is 20.9 Å². The third kappa shape index (κ3) is 3.64. The summed E-state index contributed by atoms with van der Waals surface area (Å²) in [5.41, 5.74) is 3.63. The van der Waals surface area contributed by atoms with Crippen LogP contribution in [0.5, 0.6) is 5.75 Å². The van der Waals surface area contributed by atoms with Gasteiger partial charge in [0.1, 0.15) is 5.82 Å². The number of hydrogen-bond donors (Lipinski definition) is 0. The van der Waals surface area contributed by atoms with Gasteiger partial charge in [-0.05, 0) is 42.3 Å². The van der Waals surface area contributed by atoms with Crippen molar-refractivity contribution < 1.29 is 13.9 Å². The number of halogens is 1. The maximum atomic E-state index is 14.1. The number of amides is 1. The van der Waals surface area contributed by atoms with E-state index >= 15 is 0 Å². The molecule has 0 spiro atoms. The molecule has 0 unspecified atom stereocenters. The summed E-state index contributed by atoms with van der Waals surface area (Å²) in [6, 6.07) is 16.8.